The first-order valence-electron chi connectivity index (χ1n) is 8.15. The first kappa shape index (κ1) is 15.3. The zero-order chi connectivity index (χ0) is 16.8. The Morgan fingerprint density at radius 3 is 2.79 bits per heavy atom. The standard InChI is InChI=1S/C19H19ClN2O2/c1-11(2)19-22-16(14-9-12(20)7-8-18(14)24-19)10-15(21-22)13-5-3-4-6-17(13)23/h3-9,11,16,19,23H,10H2,1-2H3/t16-,19-/m1/s1. The van der Waals surface area contributed by atoms with Gasteiger partial charge < -0.3 is 9.84 Å². The largest absolute Gasteiger partial charge is 0.507 e. The summed E-state index contributed by atoms with van der Waals surface area (Å²) in [5.74, 6) is 1.40. The van der Waals surface area contributed by atoms with E-state index < -0.39 is 0 Å². The van der Waals surface area contributed by atoms with Crippen LogP contribution in [0.4, 0.5) is 0 Å². The monoisotopic (exact) mass is 342 g/mol. The van der Waals surface area contributed by atoms with Crippen molar-refractivity contribution in [2.75, 3.05) is 0 Å². The second-order valence-corrected chi connectivity index (χ2v) is 7.03. The Morgan fingerprint density at radius 1 is 1.25 bits per heavy atom. The molecule has 0 spiro atoms. The second-order valence-electron chi connectivity index (χ2n) is 6.60. The van der Waals surface area contributed by atoms with Crippen LogP contribution < -0.4 is 4.74 Å². The van der Waals surface area contributed by atoms with Crippen LogP contribution in [0.1, 0.15) is 37.4 Å². The molecule has 0 amide bonds. The molecule has 4 rings (SSSR count). The molecule has 0 fully saturated rings. The van der Waals surface area contributed by atoms with Gasteiger partial charge in [0.25, 0.3) is 0 Å². The van der Waals surface area contributed by atoms with Crippen molar-refractivity contribution in [1.29, 1.82) is 0 Å². The van der Waals surface area contributed by atoms with Crippen molar-refractivity contribution in [1.82, 2.24) is 5.01 Å². The number of rotatable bonds is 2. The van der Waals surface area contributed by atoms with Crippen LogP contribution in [0.5, 0.6) is 11.5 Å². The lowest BCUT2D eigenvalue weighted by Crippen LogP contribution is -2.43. The second kappa shape index (κ2) is 5.71. The van der Waals surface area contributed by atoms with E-state index in [0.29, 0.717) is 5.02 Å². The lowest BCUT2D eigenvalue weighted by atomic mass is 9.95. The Bertz CT molecular complexity index is 819. The van der Waals surface area contributed by atoms with Crippen molar-refractivity contribution in [3.8, 4) is 11.5 Å². The number of halogens is 1. The summed E-state index contributed by atoms with van der Waals surface area (Å²) in [6.45, 7) is 4.24. The van der Waals surface area contributed by atoms with Gasteiger partial charge in [0.05, 0.1) is 11.8 Å². The molecular weight excluding hydrogens is 324 g/mol. The molecule has 24 heavy (non-hydrogen) atoms. The van der Waals surface area contributed by atoms with Crippen LogP contribution in [-0.4, -0.2) is 22.1 Å². The fourth-order valence-electron chi connectivity index (χ4n) is 3.41. The van der Waals surface area contributed by atoms with Crippen molar-refractivity contribution >= 4 is 17.3 Å². The van der Waals surface area contributed by atoms with Crippen molar-refractivity contribution in [3.63, 3.8) is 0 Å². The fraction of sp³-hybridized carbons (Fsp3) is 0.316. The molecule has 124 valence electrons. The first-order valence-corrected chi connectivity index (χ1v) is 8.52. The van der Waals surface area contributed by atoms with Gasteiger partial charge in [0.2, 0.25) is 0 Å². The maximum absolute atomic E-state index is 10.2. The Labute approximate surface area is 146 Å². The average Bonchev–Trinajstić information content (AvgIpc) is 2.99. The van der Waals surface area contributed by atoms with Gasteiger partial charge in [-0.25, -0.2) is 5.01 Å². The molecule has 1 N–H and O–H groups in total. The van der Waals surface area contributed by atoms with E-state index in [1.165, 1.54) is 0 Å². The number of hydrogen-bond donors (Lipinski definition) is 1. The number of hydrazone groups is 1. The highest BCUT2D eigenvalue weighted by Gasteiger charge is 2.41. The summed E-state index contributed by atoms with van der Waals surface area (Å²) in [5, 5.41) is 17.7. The summed E-state index contributed by atoms with van der Waals surface area (Å²) in [6.07, 6.45) is 0.587. The SMILES string of the molecule is CC(C)[C@H]1Oc2ccc(Cl)cc2[C@H]2CC(c3ccccc3O)=NN21. The minimum absolute atomic E-state index is 0.0782. The Balaban J connectivity index is 1.79. The Hall–Kier alpha value is -2.20. The molecule has 0 radical (unpaired) electrons. The summed E-state index contributed by atoms with van der Waals surface area (Å²) in [4.78, 5) is 0. The summed E-state index contributed by atoms with van der Waals surface area (Å²) in [7, 11) is 0. The van der Waals surface area contributed by atoms with E-state index in [1.807, 2.05) is 41.4 Å². The molecule has 2 aromatic rings. The van der Waals surface area contributed by atoms with E-state index in [9.17, 15) is 5.11 Å². The Morgan fingerprint density at radius 2 is 2.04 bits per heavy atom. The van der Waals surface area contributed by atoms with Crippen LogP contribution in [0.25, 0.3) is 0 Å². The van der Waals surface area contributed by atoms with E-state index in [-0.39, 0.29) is 23.9 Å². The molecule has 2 aliphatic rings. The third-order valence-corrected chi connectivity index (χ3v) is 4.80. The molecule has 0 aliphatic carbocycles. The van der Waals surface area contributed by atoms with Gasteiger partial charge in [-0.15, -0.1) is 0 Å². The van der Waals surface area contributed by atoms with Crippen molar-refractivity contribution in [3.05, 3.63) is 58.6 Å². The zero-order valence-electron chi connectivity index (χ0n) is 13.6. The van der Waals surface area contributed by atoms with Crippen LogP contribution >= 0.6 is 11.6 Å². The van der Waals surface area contributed by atoms with Gasteiger partial charge in [0, 0.05) is 28.5 Å². The molecule has 0 unspecified atom stereocenters. The predicted molar refractivity (Wildman–Crippen MR) is 94.5 cm³/mol. The molecule has 5 heteroatoms. The molecule has 0 saturated heterocycles. The van der Waals surface area contributed by atoms with Crippen LogP contribution in [0.2, 0.25) is 5.02 Å². The first-order chi connectivity index (χ1) is 11.5. The van der Waals surface area contributed by atoms with Crippen LogP contribution in [-0.2, 0) is 0 Å². The highest BCUT2D eigenvalue weighted by atomic mass is 35.5. The normalized spacial score (nSPS) is 22.0. The van der Waals surface area contributed by atoms with Crippen LogP contribution in [0, 0.1) is 5.92 Å². The quantitative estimate of drug-likeness (QED) is 0.869. The summed E-state index contributed by atoms with van der Waals surface area (Å²) in [5.41, 5.74) is 2.70. The minimum Gasteiger partial charge on any atom is -0.507 e. The summed E-state index contributed by atoms with van der Waals surface area (Å²) in [6, 6.07) is 13.1. The predicted octanol–water partition coefficient (Wildman–Crippen LogP) is 4.57. The number of aromatic hydroxyl groups is 1. The minimum atomic E-state index is -0.132. The smallest absolute Gasteiger partial charge is 0.190 e. The van der Waals surface area contributed by atoms with Gasteiger partial charge in [0.1, 0.15) is 11.5 Å². The van der Waals surface area contributed by atoms with Crippen LogP contribution in [0.3, 0.4) is 0 Å². The number of para-hydroxylation sites is 1. The Kier molecular flexibility index (Phi) is 3.65. The van der Waals surface area contributed by atoms with E-state index in [2.05, 4.69) is 13.8 Å². The number of benzene rings is 2. The number of ether oxygens (including phenoxy) is 1. The molecule has 2 atom stereocenters. The van der Waals surface area contributed by atoms with Crippen molar-refractivity contribution in [2.24, 2.45) is 11.0 Å². The van der Waals surface area contributed by atoms with E-state index in [4.69, 9.17) is 21.4 Å². The number of fused-ring (bicyclic) bond motifs is 3. The van der Waals surface area contributed by atoms with E-state index in [0.717, 1.165) is 29.0 Å². The van der Waals surface area contributed by atoms with Gasteiger partial charge in [0.15, 0.2) is 6.23 Å². The lowest BCUT2D eigenvalue weighted by molar-refractivity contribution is -0.0461. The van der Waals surface area contributed by atoms with E-state index in [1.54, 1.807) is 6.07 Å². The molecule has 0 aromatic heterocycles. The average molecular weight is 343 g/mol. The van der Waals surface area contributed by atoms with E-state index >= 15 is 0 Å². The third kappa shape index (κ3) is 2.42. The zero-order valence-corrected chi connectivity index (χ0v) is 14.4. The number of phenolic OH excluding ortho intramolecular Hbond substituents is 1. The number of hydrogen-bond acceptors (Lipinski definition) is 4. The lowest BCUT2D eigenvalue weighted by Gasteiger charge is -2.40. The molecule has 0 bridgehead atoms. The molecule has 2 heterocycles. The maximum Gasteiger partial charge on any atom is 0.190 e. The van der Waals surface area contributed by atoms with Gasteiger partial charge >= 0.3 is 0 Å². The topological polar surface area (TPSA) is 45.1 Å². The molecule has 4 nitrogen and oxygen atoms in total. The van der Waals surface area contributed by atoms with Crippen LogP contribution in [0.15, 0.2) is 47.6 Å². The molecule has 2 aliphatic heterocycles. The van der Waals surface area contributed by atoms with Gasteiger partial charge in [-0.2, -0.15) is 5.10 Å². The summed E-state index contributed by atoms with van der Waals surface area (Å²) >= 11 is 6.19. The number of nitrogens with zero attached hydrogens (tertiary/aromatic N) is 2. The maximum atomic E-state index is 10.2. The third-order valence-electron chi connectivity index (χ3n) is 4.57. The molecule has 0 saturated carbocycles. The summed E-state index contributed by atoms with van der Waals surface area (Å²) < 4.78 is 6.17. The fourth-order valence-corrected chi connectivity index (χ4v) is 3.59. The highest BCUT2D eigenvalue weighted by molar-refractivity contribution is 6.30. The van der Waals surface area contributed by atoms with Crippen molar-refractivity contribution in [2.45, 2.75) is 32.5 Å². The van der Waals surface area contributed by atoms with Gasteiger partial charge in [-0.1, -0.05) is 37.6 Å². The van der Waals surface area contributed by atoms with Gasteiger partial charge in [-0.05, 0) is 30.3 Å². The van der Waals surface area contributed by atoms with Gasteiger partial charge in [-0.3, -0.25) is 0 Å². The molecule has 2 aromatic carbocycles. The highest BCUT2D eigenvalue weighted by Crippen LogP contribution is 2.45. The van der Waals surface area contributed by atoms with Crippen molar-refractivity contribution < 1.29 is 9.84 Å². The molecular formula is C19H19ClN2O2. The number of phenols is 1.